The molecule has 2 aromatic rings. The molecule has 3 aliphatic rings. The molecule has 2 aromatic heterocycles. The van der Waals surface area contributed by atoms with Crippen molar-refractivity contribution in [3.05, 3.63) is 24.7 Å². The minimum absolute atomic E-state index is 0.293. The Kier molecular flexibility index (Phi) is 2.26. The molecule has 5 rings (SSSR count). The molecule has 18 heavy (non-hydrogen) atoms. The lowest BCUT2D eigenvalue weighted by molar-refractivity contribution is -0.00932. The van der Waals surface area contributed by atoms with Crippen LogP contribution in [-0.2, 0) is 0 Å². The van der Waals surface area contributed by atoms with Gasteiger partial charge in [-0.05, 0) is 37.9 Å². The Morgan fingerprint density at radius 3 is 2.89 bits per heavy atom. The van der Waals surface area contributed by atoms with Gasteiger partial charge in [-0.25, -0.2) is 9.50 Å². The number of ether oxygens (including phenoxy) is 1. The lowest BCUT2D eigenvalue weighted by atomic mass is 9.86. The molecular weight excluding hydrogens is 228 g/mol. The maximum Gasteiger partial charge on any atom is 0.240 e. The van der Waals surface area contributed by atoms with Gasteiger partial charge in [0.1, 0.15) is 11.6 Å². The summed E-state index contributed by atoms with van der Waals surface area (Å²) in [6, 6.07) is 1.95. The predicted octanol–water partition coefficient (Wildman–Crippen LogP) is 1.20. The van der Waals surface area contributed by atoms with Gasteiger partial charge in [0.25, 0.3) is 0 Å². The molecule has 0 radical (unpaired) electrons. The summed E-state index contributed by atoms with van der Waals surface area (Å²) in [5, 5.41) is 4.21. The van der Waals surface area contributed by atoms with Crippen molar-refractivity contribution in [3.63, 3.8) is 0 Å². The fourth-order valence-electron chi connectivity index (χ4n) is 3.11. The molecule has 0 aliphatic carbocycles. The minimum Gasteiger partial charge on any atom is -0.471 e. The summed E-state index contributed by atoms with van der Waals surface area (Å²) in [5.41, 5.74) is 0.953. The van der Waals surface area contributed by atoms with Gasteiger partial charge in [0, 0.05) is 18.9 Å². The molecule has 1 unspecified atom stereocenters. The molecular formula is C13H16N4O. The van der Waals surface area contributed by atoms with Crippen LogP contribution in [-0.4, -0.2) is 45.2 Å². The van der Waals surface area contributed by atoms with Crippen molar-refractivity contribution in [2.75, 3.05) is 19.6 Å². The number of piperidine rings is 3. The quantitative estimate of drug-likeness (QED) is 0.796. The molecule has 0 aromatic carbocycles. The van der Waals surface area contributed by atoms with Crippen LogP contribution in [0.3, 0.4) is 0 Å². The Hall–Kier alpha value is -1.62. The highest BCUT2D eigenvalue weighted by Gasteiger charge is 2.35. The number of hydrogen-bond donors (Lipinski definition) is 0. The van der Waals surface area contributed by atoms with E-state index in [1.807, 2.05) is 16.8 Å². The van der Waals surface area contributed by atoms with Gasteiger partial charge in [0.05, 0.1) is 6.20 Å². The lowest BCUT2D eigenvalue weighted by Crippen LogP contribution is -2.52. The van der Waals surface area contributed by atoms with E-state index in [1.54, 1.807) is 12.4 Å². The van der Waals surface area contributed by atoms with E-state index in [4.69, 9.17) is 4.74 Å². The summed E-state index contributed by atoms with van der Waals surface area (Å²) in [6.45, 7) is 3.51. The van der Waals surface area contributed by atoms with Gasteiger partial charge < -0.3 is 4.74 Å². The van der Waals surface area contributed by atoms with E-state index in [0.717, 1.165) is 12.1 Å². The zero-order valence-electron chi connectivity index (χ0n) is 10.2. The highest BCUT2D eigenvalue weighted by Crippen LogP contribution is 2.31. The number of hydrogen-bond acceptors (Lipinski definition) is 4. The van der Waals surface area contributed by atoms with Gasteiger partial charge >= 0.3 is 0 Å². The van der Waals surface area contributed by atoms with Crippen LogP contribution in [0, 0.1) is 5.92 Å². The Morgan fingerprint density at radius 2 is 2.11 bits per heavy atom. The van der Waals surface area contributed by atoms with Crippen LogP contribution in [0.1, 0.15) is 12.8 Å². The normalized spacial score (nSPS) is 30.8. The monoisotopic (exact) mass is 244 g/mol. The first-order chi connectivity index (χ1) is 8.90. The van der Waals surface area contributed by atoms with Crippen LogP contribution in [0.25, 0.3) is 5.52 Å². The van der Waals surface area contributed by atoms with E-state index in [9.17, 15) is 0 Å². The average molecular weight is 244 g/mol. The van der Waals surface area contributed by atoms with Crippen molar-refractivity contribution in [2.45, 2.75) is 18.9 Å². The average Bonchev–Trinajstić information content (AvgIpc) is 2.90. The fraction of sp³-hybridized carbons (Fsp3) is 0.538. The molecule has 5 nitrogen and oxygen atoms in total. The van der Waals surface area contributed by atoms with Gasteiger partial charge in [0.2, 0.25) is 5.88 Å². The Bertz CT molecular complexity index is 559. The molecule has 2 bridgehead atoms. The highest BCUT2D eigenvalue weighted by atomic mass is 16.5. The summed E-state index contributed by atoms with van der Waals surface area (Å²) < 4.78 is 7.96. The fourth-order valence-corrected chi connectivity index (χ4v) is 3.11. The van der Waals surface area contributed by atoms with Gasteiger partial charge in [-0.1, -0.05) is 0 Å². The van der Waals surface area contributed by atoms with E-state index in [0.29, 0.717) is 17.9 Å². The zero-order valence-corrected chi connectivity index (χ0v) is 10.2. The standard InChI is InChI=1S/C13H16N4O/c1-4-15-17-8-5-14-13(11(1)17)18-12-9-16-6-2-10(12)3-7-16/h1,4-5,8,10,12H,2-3,6-7,9H2. The second-order valence-corrected chi connectivity index (χ2v) is 5.19. The smallest absolute Gasteiger partial charge is 0.240 e. The summed E-state index contributed by atoms with van der Waals surface area (Å²) in [5.74, 6) is 1.41. The molecule has 3 fully saturated rings. The van der Waals surface area contributed by atoms with Gasteiger partial charge in [0.15, 0.2) is 0 Å². The Labute approximate surface area is 105 Å². The second kappa shape index (κ2) is 3.95. The van der Waals surface area contributed by atoms with Crippen molar-refractivity contribution < 1.29 is 4.74 Å². The van der Waals surface area contributed by atoms with Gasteiger partial charge in [-0.15, -0.1) is 0 Å². The van der Waals surface area contributed by atoms with Crippen molar-refractivity contribution in [2.24, 2.45) is 5.92 Å². The molecule has 5 heterocycles. The van der Waals surface area contributed by atoms with Crippen LogP contribution in [0.2, 0.25) is 0 Å². The van der Waals surface area contributed by atoms with Crippen molar-refractivity contribution in [1.82, 2.24) is 19.5 Å². The molecule has 3 saturated heterocycles. The molecule has 5 heteroatoms. The SMILES string of the molecule is c1cn2nccc2c(OC2CN3CCC2CC3)n1. The Morgan fingerprint density at radius 1 is 1.22 bits per heavy atom. The maximum atomic E-state index is 6.15. The summed E-state index contributed by atoms with van der Waals surface area (Å²) in [6.07, 6.45) is 8.18. The number of nitrogens with zero attached hydrogens (tertiary/aromatic N) is 4. The van der Waals surface area contributed by atoms with Crippen molar-refractivity contribution in [1.29, 1.82) is 0 Å². The van der Waals surface area contributed by atoms with Gasteiger partial charge in [-0.2, -0.15) is 5.10 Å². The third kappa shape index (κ3) is 1.58. The van der Waals surface area contributed by atoms with E-state index in [1.165, 1.54) is 25.9 Å². The van der Waals surface area contributed by atoms with Crippen LogP contribution >= 0.6 is 0 Å². The molecule has 0 amide bonds. The summed E-state index contributed by atoms with van der Waals surface area (Å²) in [7, 11) is 0. The second-order valence-electron chi connectivity index (χ2n) is 5.19. The van der Waals surface area contributed by atoms with Crippen molar-refractivity contribution in [3.8, 4) is 5.88 Å². The molecule has 3 aliphatic heterocycles. The first-order valence-electron chi connectivity index (χ1n) is 6.57. The van der Waals surface area contributed by atoms with E-state index < -0.39 is 0 Å². The number of aromatic nitrogens is 3. The summed E-state index contributed by atoms with van der Waals surface area (Å²) >= 11 is 0. The van der Waals surface area contributed by atoms with E-state index in [-0.39, 0.29) is 0 Å². The largest absolute Gasteiger partial charge is 0.471 e. The van der Waals surface area contributed by atoms with E-state index in [2.05, 4.69) is 15.0 Å². The zero-order chi connectivity index (χ0) is 11.9. The molecule has 1 atom stereocenters. The lowest BCUT2D eigenvalue weighted by Gasteiger charge is -2.44. The van der Waals surface area contributed by atoms with E-state index >= 15 is 0 Å². The van der Waals surface area contributed by atoms with Gasteiger partial charge in [-0.3, -0.25) is 4.90 Å². The predicted molar refractivity (Wildman–Crippen MR) is 66.6 cm³/mol. The highest BCUT2D eigenvalue weighted by molar-refractivity contribution is 5.54. The van der Waals surface area contributed by atoms with Crippen LogP contribution < -0.4 is 4.74 Å². The van der Waals surface area contributed by atoms with Crippen LogP contribution in [0.4, 0.5) is 0 Å². The topological polar surface area (TPSA) is 42.7 Å². The number of fused-ring (bicyclic) bond motifs is 4. The first kappa shape index (κ1) is 10.3. The van der Waals surface area contributed by atoms with Crippen LogP contribution in [0.15, 0.2) is 24.7 Å². The maximum absolute atomic E-state index is 6.15. The molecule has 0 spiro atoms. The third-order valence-corrected chi connectivity index (χ3v) is 4.15. The minimum atomic E-state index is 0.293. The Balaban J connectivity index is 1.62. The van der Waals surface area contributed by atoms with Crippen molar-refractivity contribution >= 4 is 5.52 Å². The third-order valence-electron chi connectivity index (χ3n) is 4.15. The first-order valence-corrected chi connectivity index (χ1v) is 6.57. The molecule has 0 saturated carbocycles. The number of rotatable bonds is 2. The molecule has 0 N–H and O–H groups in total. The van der Waals surface area contributed by atoms with Crippen LogP contribution in [0.5, 0.6) is 5.88 Å². The summed E-state index contributed by atoms with van der Waals surface area (Å²) in [4.78, 5) is 6.84. The molecule has 94 valence electrons.